The fourth-order valence-corrected chi connectivity index (χ4v) is 1.14. The summed E-state index contributed by atoms with van der Waals surface area (Å²) in [4.78, 5) is 10.8. The van der Waals surface area contributed by atoms with Gasteiger partial charge in [0.25, 0.3) is 5.92 Å². The Hall–Kier alpha value is -1.27. The van der Waals surface area contributed by atoms with Gasteiger partial charge in [-0.3, -0.25) is 0 Å². The number of tetrazole rings is 1. The van der Waals surface area contributed by atoms with Gasteiger partial charge in [-0.25, -0.2) is 18.7 Å². The molecule has 0 radical (unpaired) electrons. The second-order valence-corrected chi connectivity index (χ2v) is 3.07. The Morgan fingerprint density at radius 1 is 1.67 bits per heavy atom. The van der Waals surface area contributed by atoms with Gasteiger partial charge >= 0.3 is 5.69 Å². The van der Waals surface area contributed by atoms with Crippen molar-refractivity contribution in [2.45, 2.75) is 24.8 Å². The van der Waals surface area contributed by atoms with E-state index in [4.69, 9.17) is 0 Å². The highest BCUT2D eigenvalue weighted by Crippen LogP contribution is 2.56. The van der Waals surface area contributed by atoms with Gasteiger partial charge in [0.2, 0.25) is 0 Å². The molecule has 0 aliphatic heterocycles. The molecule has 5 nitrogen and oxygen atoms in total. The summed E-state index contributed by atoms with van der Waals surface area (Å²) in [6.45, 7) is 1.27. The quantitative estimate of drug-likeness (QED) is 0.640. The van der Waals surface area contributed by atoms with Crippen molar-refractivity contribution in [1.29, 1.82) is 0 Å². The Bertz CT molecular complexity index is 370. The summed E-state index contributed by atoms with van der Waals surface area (Å²) < 4.78 is 26.1. The lowest BCUT2D eigenvalue weighted by Crippen LogP contribution is -2.31. The summed E-state index contributed by atoms with van der Waals surface area (Å²) in [5.74, 6) is -2.84. The summed E-state index contributed by atoms with van der Waals surface area (Å²) in [5.41, 5.74) is -2.17. The van der Waals surface area contributed by atoms with E-state index in [0.717, 1.165) is 0 Å². The minimum Gasteiger partial charge on any atom is -0.244 e. The predicted octanol–water partition coefficient (Wildman–Crippen LogP) is -0.279. The molecule has 0 aromatic carbocycles. The number of hydrogen-bond donors (Lipinski definition) is 1. The van der Waals surface area contributed by atoms with Gasteiger partial charge in [0, 0.05) is 6.42 Å². The molecule has 0 spiro atoms. The van der Waals surface area contributed by atoms with Crippen LogP contribution < -0.4 is 5.69 Å². The van der Waals surface area contributed by atoms with Gasteiger partial charge in [0.15, 0.2) is 0 Å². The zero-order valence-corrected chi connectivity index (χ0v) is 6.21. The van der Waals surface area contributed by atoms with Crippen LogP contribution in [0.2, 0.25) is 0 Å². The highest BCUT2D eigenvalue weighted by molar-refractivity contribution is 5.10. The third-order valence-corrected chi connectivity index (χ3v) is 2.17. The van der Waals surface area contributed by atoms with Crippen molar-refractivity contribution in [3.8, 4) is 0 Å². The van der Waals surface area contributed by atoms with Gasteiger partial charge in [-0.2, -0.15) is 4.68 Å². The zero-order chi connectivity index (χ0) is 8.98. The van der Waals surface area contributed by atoms with Crippen LogP contribution in [0.15, 0.2) is 4.79 Å². The van der Waals surface area contributed by atoms with Crippen LogP contribution in [0.1, 0.15) is 13.3 Å². The number of alkyl halides is 2. The standard InChI is InChI=1S/C5H6F2N4O/c1-4(2-5(4,6)7)11-3(12)8-9-10-11/h2H2,1H3,(H,8,10,12). The minimum absolute atomic E-state index is 0.355. The van der Waals surface area contributed by atoms with E-state index < -0.39 is 17.2 Å². The van der Waals surface area contributed by atoms with Crippen molar-refractivity contribution in [3.05, 3.63) is 10.5 Å². The molecular formula is C5H6F2N4O. The molecular weight excluding hydrogens is 170 g/mol. The molecule has 1 N–H and O–H groups in total. The Morgan fingerprint density at radius 2 is 2.25 bits per heavy atom. The summed E-state index contributed by atoms with van der Waals surface area (Å²) in [7, 11) is 0. The maximum atomic E-state index is 12.7. The number of aromatic amines is 1. The highest BCUT2D eigenvalue weighted by atomic mass is 19.3. The number of rotatable bonds is 1. The van der Waals surface area contributed by atoms with Crippen LogP contribution in [0.3, 0.4) is 0 Å². The molecule has 1 aliphatic carbocycles. The first-order valence-electron chi connectivity index (χ1n) is 3.36. The van der Waals surface area contributed by atoms with Crippen LogP contribution in [-0.4, -0.2) is 26.1 Å². The molecule has 1 saturated carbocycles. The highest BCUT2D eigenvalue weighted by Gasteiger charge is 2.71. The smallest absolute Gasteiger partial charge is 0.244 e. The van der Waals surface area contributed by atoms with Gasteiger partial charge in [0.1, 0.15) is 5.54 Å². The molecule has 0 bridgehead atoms. The van der Waals surface area contributed by atoms with Gasteiger partial charge in [0.05, 0.1) is 0 Å². The number of nitrogens with zero attached hydrogens (tertiary/aromatic N) is 3. The molecule has 0 amide bonds. The minimum atomic E-state index is -2.84. The Labute approximate surface area is 65.4 Å². The Balaban J connectivity index is 2.47. The molecule has 1 aliphatic rings. The maximum absolute atomic E-state index is 12.7. The Morgan fingerprint density at radius 3 is 2.58 bits per heavy atom. The van der Waals surface area contributed by atoms with Gasteiger partial charge < -0.3 is 0 Å². The van der Waals surface area contributed by atoms with Crippen LogP contribution in [0.5, 0.6) is 0 Å². The van der Waals surface area contributed by atoms with E-state index in [-0.39, 0.29) is 6.42 Å². The van der Waals surface area contributed by atoms with Crippen molar-refractivity contribution in [2.24, 2.45) is 0 Å². The summed E-state index contributed by atoms with van der Waals surface area (Å²) in [6, 6.07) is 0. The van der Waals surface area contributed by atoms with E-state index >= 15 is 0 Å². The number of nitrogens with one attached hydrogen (secondary N) is 1. The van der Waals surface area contributed by atoms with Crippen molar-refractivity contribution in [2.75, 3.05) is 0 Å². The molecule has 1 heterocycles. The molecule has 7 heteroatoms. The van der Waals surface area contributed by atoms with E-state index in [2.05, 4.69) is 10.4 Å². The normalized spacial score (nSPS) is 31.9. The van der Waals surface area contributed by atoms with Crippen LogP contribution >= 0.6 is 0 Å². The summed E-state index contributed by atoms with van der Waals surface area (Å²) in [5, 5.41) is 8.37. The molecule has 12 heavy (non-hydrogen) atoms. The zero-order valence-electron chi connectivity index (χ0n) is 6.21. The number of H-pyrrole nitrogens is 1. The van der Waals surface area contributed by atoms with Crippen molar-refractivity contribution < 1.29 is 8.78 Å². The third-order valence-electron chi connectivity index (χ3n) is 2.17. The van der Waals surface area contributed by atoms with Crippen LogP contribution in [-0.2, 0) is 5.54 Å². The molecule has 2 rings (SSSR count). The van der Waals surface area contributed by atoms with Crippen molar-refractivity contribution in [1.82, 2.24) is 20.2 Å². The molecule has 0 saturated heterocycles. The SMILES string of the molecule is CC1(n2nn[nH]c2=O)CC1(F)F. The fourth-order valence-electron chi connectivity index (χ4n) is 1.14. The lowest BCUT2D eigenvalue weighted by molar-refractivity contribution is 0.0673. The predicted molar refractivity (Wildman–Crippen MR) is 33.9 cm³/mol. The molecule has 66 valence electrons. The van der Waals surface area contributed by atoms with E-state index in [1.54, 1.807) is 0 Å². The lowest BCUT2D eigenvalue weighted by Gasteiger charge is -2.06. The van der Waals surface area contributed by atoms with Gasteiger partial charge in [-0.05, 0) is 17.4 Å². The van der Waals surface area contributed by atoms with Crippen molar-refractivity contribution in [3.63, 3.8) is 0 Å². The van der Waals surface area contributed by atoms with Crippen LogP contribution in [0.4, 0.5) is 8.78 Å². The monoisotopic (exact) mass is 176 g/mol. The van der Waals surface area contributed by atoms with Crippen LogP contribution in [0, 0.1) is 0 Å². The molecule has 1 fully saturated rings. The van der Waals surface area contributed by atoms with Crippen LogP contribution in [0.25, 0.3) is 0 Å². The molecule has 1 unspecified atom stereocenters. The average Bonchev–Trinajstić information content (AvgIpc) is 2.36. The fraction of sp³-hybridized carbons (Fsp3) is 0.800. The first-order valence-corrected chi connectivity index (χ1v) is 3.36. The number of aromatic nitrogens is 4. The van der Waals surface area contributed by atoms with E-state index in [1.807, 2.05) is 5.10 Å². The van der Waals surface area contributed by atoms with Crippen molar-refractivity contribution >= 4 is 0 Å². The topological polar surface area (TPSA) is 63.6 Å². The lowest BCUT2D eigenvalue weighted by atomic mass is 10.3. The maximum Gasteiger partial charge on any atom is 0.361 e. The molecule has 1 aromatic heterocycles. The van der Waals surface area contributed by atoms with E-state index in [1.165, 1.54) is 6.92 Å². The first kappa shape index (κ1) is 7.38. The summed E-state index contributed by atoms with van der Waals surface area (Å²) >= 11 is 0. The molecule has 1 aromatic rings. The Kier molecular flexibility index (Phi) is 1.06. The van der Waals surface area contributed by atoms with Gasteiger partial charge in [-0.1, -0.05) is 0 Å². The summed E-state index contributed by atoms with van der Waals surface area (Å²) in [6.07, 6.45) is -0.355. The number of halogens is 2. The number of hydrogen-bond acceptors (Lipinski definition) is 3. The first-order chi connectivity index (χ1) is 5.47. The second-order valence-electron chi connectivity index (χ2n) is 3.07. The van der Waals surface area contributed by atoms with Gasteiger partial charge in [-0.15, -0.1) is 0 Å². The third kappa shape index (κ3) is 0.678. The van der Waals surface area contributed by atoms with E-state index in [0.29, 0.717) is 4.68 Å². The van der Waals surface area contributed by atoms with E-state index in [9.17, 15) is 13.6 Å². The largest absolute Gasteiger partial charge is 0.361 e. The second kappa shape index (κ2) is 1.73. The molecule has 1 atom stereocenters. The average molecular weight is 176 g/mol.